The van der Waals surface area contributed by atoms with Gasteiger partial charge in [-0.05, 0) is 68.0 Å². The first-order chi connectivity index (χ1) is 16.4. The van der Waals surface area contributed by atoms with Crippen LogP contribution in [0.15, 0.2) is 48.5 Å². The van der Waals surface area contributed by atoms with Gasteiger partial charge >= 0.3 is 11.9 Å². The molecule has 7 nitrogen and oxygen atoms in total. The minimum Gasteiger partial charge on any atom is -0.459 e. The Kier molecular flexibility index (Phi) is 9.52. The quantitative estimate of drug-likeness (QED) is 0.222. The topological polar surface area (TPSA) is 114 Å². The normalized spacial score (nSPS) is 18.0. The monoisotopic (exact) mass is 466 g/mol. The molecule has 0 unspecified atom stereocenters. The molecular weight excluding hydrogens is 432 g/mol. The lowest BCUT2D eigenvalue weighted by atomic mass is 9.95. The molecule has 0 bridgehead atoms. The summed E-state index contributed by atoms with van der Waals surface area (Å²) in [6.07, 6.45) is 8.89. The number of rotatable bonds is 10. The van der Waals surface area contributed by atoms with Gasteiger partial charge in [0.15, 0.2) is 0 Å². The summed E-state index contributed by atoms with van der Waals surface area (Å²) in [4.78, 5) is 24.5. The van der Waals surface area contributed by atoms with E-state index < -0.39 is 5.97 Å². The zero-order chi connectivity index (χ0) is 24.3. The first kappa shape index (κ1) is 25.3. The Labute approximate surface area is 201 Å². The second-order valence-electron chi connectivity index (χ2n) is 8.55. The van der Waals surface area contributed by atoms with E-state index in [0.717, 1.165) is 50.7 Å². The number of hydrogen-bond acceptors (Lipinski definition) is 7. The fraction of sp³-hybridized carbons (Fsp3) is 0.407. The molecule has 3 rings (SSSR count). The molecule has 0 aliphatic heterocycles. The number of hydrogen-bond donors (Lipinski definition) is 2. The van der Waals surface area contributed by atoms with Crippen LogP contribution in [-0.2, 0) is 25.6 Å². The summed E-state index contributed by atoms with van der Waals surface area (Å²) in [6.45, 7) is 3.02. The van der Waals surface area contributed by atoms with E-state index in [0.29, 0.717) is 22.5 Å². The summed E-state index contributed by atoms with van der Waals surface area (Å²) in [5.74, 6) is -0.819. The lowest BCUT2D eigenvalue weighted by Crippen LogP contribution is -2.28. The Morgan fingerprint density at radius 3 is 2.38 bits per heavy atom. The van der Waals surface area contributed by atoms with Gasteiger partial charge in [-0.3, -0.25) is 0 Å². The standard InChI is InChI=1S/C27H34N2O5/c1-2-3-16-32-23-11-13-24(14-12-23)34-27(31)20-7-4-19(5-8-20)6-15-26(30)33-18-21-9-10-22(28)17-25(21)29/h4-10,15,17,23-24H,2-3,11-14,16,18,28-29H2,1H3/b15-6+. The molecule has 1 fully saturated rings. The van der Waals surface area contributed by atoms with Crippen molar-refractivity contribution in [2.45, 2.75) is 64.3 Å². The highest BCUT2D eigenvalue weighted by atomic mass is 16.5. The van der Waals surface area contributed by atoms with Crippen LogP contribution in [0.1, 0.15) is 66.9 Å². The summed E-state index contributed by atoms with van der Waals surface area (Å²) in [5.41, 5.74) is 14.5. The van der Waals surface area contributed by atoms with Crippen LogP contribution in [0.3, 0.4) is 0 Å². The predicted octanol–water partition coefficient (Wildman–Crippen LogP) is 4.89. The predicted molar refractivity (Wildman–Crippen MR) is 133 cm³/mol. The molecule has 4 N–H and O–H groups in total. The molecule has 1 aliphatic rings. The molecule has 0 radical (unpaired) electrons. The second kappa shape index (κ2) is 12.8. The zero-order valence-electron chi connectivity index (χ0n) is 19.7. The third-order valence-electron chi connectivity index (χ3n) is 5.84. The van der Waals surface area contributed by atoms with E-state index in [4.69, 9.17) is 25.7 Å². The van der Waals surface area contributed by atoms with Crippen molar-refractivity contribution in [2.75, 3.05) is 18.1 Å². The molecule has 1 aliphatic carbocycles. The van der Waals surface area contributed by atoms with Crippen LogP contribution in [0.5, 0.6) is 0 Å². The van der Waals surface area contributed by atoms with Crippen LogP contribution < -0.4 is 11.5 Å². The number of carbonyl (C=O) groups is 2. The lowest BCUT2D eigenvalue weighted by Gasteiger charge is -2.28. The molecule has 2 aromatic rings. The first-order valence-electron chi connectivity index (χ1n) is 11.9. The average Bonchev–Trinajstić information content (AvgIpc) is 2.84. The summed E-state index contributed by atoms with van der Waals surface area (Å²) in [6, 6.07) is 12.0. The van der Waals surface area contributed by atoms with Gasteiger partial charge < -0.3 is 25.7 Å². The fourth-order valence-corrected chi connectivity index (χ4v) is 3.77. The molecule has 2 aromatic carbocycles. The number of benzene rings is 2. The molecule has 1 saturated carbocycles. The van der Waals surface area contributed by atoms with Crippen molar-refractivity contribution < 1.29 is 23.8 Å². The number of unbranched alkanes of at least 4 members (excludes halogenated alkanes) is 1. The van der Waals surface area contributed by atoms with Crippen molar-refractivity contribution in [1.82, 2.24) is 0 Å². The Balaban J connectivity index is 1.42. The molecule has 0 aromatic heterocycles. The maximum absolute atomic E-state index is 12.5. The maximum atomic E-state index is 12.5. The third-order valence-corrected chi connectivity index (χ3v) is 5.84. The van der Waals surface area contributed by atoms with Gasteiger partial charge in [0.05, 0.1) is 11.7 Å². The minimum atomic E-state index is -0.492. The molecule has 0 spiro atoms. The van der Waals surface area contributed by atoms with Crippen molar-refractivity contribution in [3.8, 4) is 0 Å². The molecule has 7 heteroatoms. The van der Waals surface area contributed by atoms with Crippen molar-refractivity contribution in [2.24, 2.45) is 0 Å². The van der Waals surface area contributed by atoms with E-state index in [1.54, 1.807) is 48.5 Å². The molecule has 0 saturated heterocycles. The van der Waals surface area contributed by atoms with Crippen molar-refractivity contribution >= 4 is 29.4 Å². The van der Waals surface area contributed by atoms with Crippen molar-refractivity contribution in [3.05, 3.63) is 65.2 Å². The maximum Gasteiger partial charge on any atom is 0.338 e. The van der Waals surface area contributed by atoms with Gasteiger partial charge in [-0.2, -0.15) is 0 Å². The molecule has 0 atom stereocenters. The highest BCUT2D eigenvalue weighted by molar-refractivity contribution is 5.90. The Hall–Kier alpha value is -3.32. The molecule has 34 heavy (non-hydrogen) atoms. The largest absolute Gasteiger partial charge is 0.459 e. The SMILES string of the molecule is CCCCOC1CCC(OC(=O)c2ccc(/C=C/C(=O)OCc3ccc(N)cc3N)cc2)CC1. The van der Waals surface area contributed by atoms with Crippen LogP contribution in [0.4, 0.5) is 11.4 Å². The van der Waals surface area contributed by atoms with Gasteiger partial charge in [-0.15, -0.1) is 0 Å². The van der Waals surface area contributed by atoms with Gasteiger partial charge in [0.25, 0.3) is 0 Å². The number of nitrogens with two attached hydrogens (primary N) is 2. The average molecular weight is 467 g/mol. The number of carbonyl (C=O) groups excluding carboxylic acids is 2. The summed E-state index contributed by atoms with van der Waals surface area (Å²) < 4.78 is 16.8. The second-order valence-corrected chi connectivity index (χ2v) is 8.55. The number of ether oxygens (including phenoxy) is 3. The van der Waals surface area contributed by atoms with Crippen molar-refractivity contribution in [1.29, 1.82) is 0 Å². The van der Waals surface area contributed by atoms with Gasteiger partial charge in [0, 0.05) is 29.6 Å². The van der Waals surface area contributed by atoms with Gasteiger partial charge in [-0.25, -0.2) is 9.59 Å². The number of esters is 2. The third kappa shape index (κ3) is 7.92. The summed E-state index contributed by atoms with van der Waals surface area (Å²) in [7, 11) is 0. The van der Waals surface area contributed by atoms with Gasteiger partial charge in [0.1, 0.15) is 12.7 Å². The molecule has 182 valence electrons. The van der Waals surface area contributed by atoms with Gasteiger partial charge in [-0.1, -0.05) is 31.5 Å². The van der Waals surface area contributed by atoms with Crippen LogP contribution in [0, 0.1) is 0 Å². The van der Waals surface area contributed by atoms with E-state index >= 15 is 0 Å². The van der Waals surface area contributed by atoms with E-state index in [1.165, 1.54) is 6.08 Å². The Morgan fingerprint density at radius 2 is 1.71 bits per heavy atom. The highest BCUT2D eigenvalue weighted by Gasteiger charge is 2.24. The van der Waals surface area contributed by atoms with E-state index in [2.05, 4.69) is 6.92 Å². The molecule has 0 heterocycles. The van der Waals surface area contributed by atoms with Crippen LogP contribution >= 0.6 is 0 Å². The van der Waals surface area contributed by atoms with Gasteiger partial charge in [0.2, 0.25) is 0 Å². The fourth-order valence-electron chi connectivity index (χ4n) is 3.77. The Morgan fingerprint density at radius 1 is 1.00 bits per heavy atom. The van der Waals surface area contributed by atoms with Crippen molar-refractivity contribution in [3.63, 3.8) is 0 Å². The summed E-state index contributed by atoms with van der Waals surface area (Å²) in [5, 5.41) is 0. The zero-order valence-corrected chi connectivity index (χ0v) is 19.7. The number of nitrogen functional groups attached to an aromatic ring is 2. The van der Waals surface area contributed by atoms with Crippen LogP contribution in [0.25, 0.3) is 6.08 Å². The first-order valence-corrected chi connectivity index (χ1v) is 11.9. The van der Waals surface area contributed by atoms with Crippen LogP contribution in [0.2, 0.25) is 0 Å². The van der Waals surface area contributed by atoms with Crippen LogP contribution in [-0.4, -0.2) is 30.8 Å². The van der Waals surface area contributed by atoms with E-state index in [1.807, 2.05) is 0 Å². The van der Waals surface area contributed by atoms with E-state index in [9.17, 15) is 9.59 Å². The summed E-state index contributed by atoms with van der Waals surface area (Å²) >= 11 is 0. The molecule has 0 amide bonds. The lowest BCUT2D eigenvalue weighted by molar-refractivity contribution is -0.138. The molecular formula is C27H34N2O5. The number of anilines is 2. The smallest absolute Gasteiger partial charge is 0.338 e. The minimum absolute atomic E-state index is 0.0623. The highest BCUT2D eigenvalue weighted by Crippen LogP contribution is 2.25. The van der Waals surface area contributed by atoms with E-state index in [-0.39, 0.29) is 24.8 Å². The Bertz CT molecular complexity index is 979.